The maximum Gasteiger partial charge on any atom is 0.323 e. The summed E-state index contributed by atoms with van der Waals surface area (Å²) in [4.78, 5) is 18.9. The Kier molecular flexibility index (Phi) is 6.55. The minimum atomic E-state index is -2.71. The zero-order valence-corrected chi connectivity index (χ0v) is 17.1. The molecule has 1 saturated heterocycles. The van der Waals surface area contributed by atoms with E-state index in [0.29, 0.717) is 17.0 Å². The summed E-state index contributed by atoms with van der Waals surface area (Å²) in [6.07, 6.45) is 5.45. The van der Waals surface area contributed by atoms with Crippen LogP contribution in [0.1, 0.15) is 44.6 Å². The molecule has 0 unspecified atom stereocenters. The Morgan fingerprint density at radius 1 is 1.28 bits per heavy atom. The predicted octanol–water partition coefficient (Wildman–Crippen LogP) is 4.72. The van der Waals surface area contributed by atoms with Gasteiger partial charge >= 0.3 is 5.97 Å². The highest BCUT2D eigenvalue weighted by Crippen LogP contribution is 2.36. The fourth-order valence-electron chi connectivity index (χ4n) is 3.84. The van der Waals surface area contributed by atoms with Crippen molar-refractivity contribution in [2.75, 3.05) is 36.5 Å². The average Bonchev–Trinajstić information content (AvgIpc) is 3.03. The molecule has 2 aromatic rings. The van der Waals surface area contributed by atoms with Crippen LogP contribution in [0.2, 0.25) is 0 Å². The number of aryl methyl sites for hydroxylation is 1. The summed E-state index contributed by atoms with van der Waals surface area (Å²) in [5.74, 6) is -3.20. The van der Waals surface area contributed by atoms with Crippen LogP contribution in [0.5, 0.6) is 0 Å². The molecule has 0 amide bonds. The van der Waals surface area contributed by atoms with Crippen molar-refractivity contribution >= 4 is 28.4 Å². The number of fused-ring (bicyclic) bond motifs is 1. The van der Waals surface area contributed by atoms with Gasteiger partial charge in [-0.1, -0.05) is 32.3 Å². The van der Waals surface area contributed by atoms with Gasteiger partial charge in [-0.2, -0.15) is 0 Å². The quantitative estimate of drug-likeness (QED) is 0.612. The third-order valence-corrected chi connectivity index (χ3v) is 5.43. The second-order valence-corrected chi connectivity index (χ2v) is 7.94. The van der Waals surface area contributed by atoms with Crippen molar-refractivity contribution in [2.45, 2.75) is 51.4 Å². The molecule has 0 spiro atoms. The highest BCUT2D eigenvalue weighted by atomic mass is 19.3. The van der Waals surface area contributed by atoms with Crippen molar-refractivity contribution in [3.8, 4) is 0 Å². The van der Waals surface area contributed by atoms with Crippen LogP contribution in [0.15, 0.2) is 24.3 Å². The van der Waals surface area contributed by atoms with Crippen molar-refractivity contribution in [1.29, 1.82) is 0 Å². The fraction of sp³-hybridized carbons (Fsp3) is 0.545. The van der Waals surface area contributed by atoms with Crippen LogP contribution < -0.4 is 9.80 Å². The lowest BCUT2D eigenvalue weighted by molar-refractivity contribution is -0.135. The molecule has 3 rings (SSSR count). The number of rotatable bonds is 9. The summed E-state index contributed by atoms with van der Waals surface area (Å²) >= 11 is 0. The molecule has 0 bridgehead atoms. The molecule has 1 fully saturated rings. The largest absolute Gasteiger partial charge is 0.480 e. The average molecular weight is 405 g/mol. The molecule has 5 nitrogen and oxygen atoms in total. The van der Waals surface area contributed by atoms with E-state index in [1.807, 2.05) is 12.1 Å². The zero-order chi connectivity index (χ0) is 21.0. The second kappa shape index (κ2) is 8.93. The summed E-state index contributed by atoms with van der Waals surface area (Å²) in [7, 11) is 1.65. The minimum Gasteiger partial charge on any atom is -0.480 e. The van der Waals surface area contributed by atoms with Gasteiger partial charge < -0.3 is 14.9 Å². The summed E-state index contributed by atoms with van der Waals surface area (Å²) in [6, 6.07) is 7.75. The molecular weight excluding hydrogens is 376 g/mol. The number of pyridine rings is 1. The third kappa shape index (κ3) is 5.34. The summed E-state index contributed by atoms with van der Waals surface area (Å²) in [5, 5.41) is 9.94. The molecule has 29 heavy (non-hydrogen) atoms. The highest BCUT2D eigenvalue weighted by Gasteiger charge is 2.39. The van der Waals surface area contributed by atoms with E-state index in [-0.39, 0.29) is 26.1 Å². The number of halogens is 2. The number of carboxylic acid groups (broad SMARTS) is 1. The molecule has 0 aliphatic carbocycles. The van der Waals surface area contributed by atoms with Crippen LogP contribution in [0.4, 0.5) is 20.3 Å². The number of unbranched alkanes of at least 4 members (excludes halogenated alkanes) is 3. The van der Waals surface area contributed by atoms with Gasteiger partial charge in [-0.15, -0.1) is 0 Å². The Hall–Kier alpha value is -2.44. The Balaban J connectivity index is 1.97. The smallest absolute Gasteiger partial charge is 0.323 e. The zero-order valence-electron chi connectivity index (χ0n) is 17.1. The van der Waals surface area contributed by atoms with Crippen LogP contribution >= 0.6 is 0 Å². The third-order valence-electron chi connectivity index (χ3n) is 5.43. The van der Waals surface area contributed by atoms with Crippen LogP contribution in [0.25, 0.3) is 10.9 Å². The van der Waals surface area contributed by atoms with Gasteiger partial charge in [0.25, 0.3) is 5.92 Å². The monoisotopic (exact) mass is 405 g/mol. The number of aromatic nitrogens is 1. The van der Waals surface area contributed by atoms with E-state index in [2.05, 4.69) is 18.0 Å². The van der Waals surface area contributed by atoms with Gasteiger partial charge in [-0.3, -0.25) is 4.79 Å². The number of likely N-dealkylation sites (N-methyl/N-ethyl adjacent to an activating group) is 1. The molecule has 1 aliphatic heterocycles. The molecule has 1 N–H and O–H groups in total. The highest BCUT2D eigenvalue weighted by molar-refractivity contribution is 5.94. The topological polar surface area (TPSA) is 56.7 Å². The molecule has 7 heteroatoms. The molecule has 2 heterocycles. The van der Waals surface area contributed by atoms with E-state index in [9.17, 15) is 13.6 Å². The van der Waals surface area contributed by atoms with Gasteiger partial charge in [-0.25, -0.2) is 13.8 Å². The lowest BCUT2D eigenvalue weighted by Gasteiger charge is -2.24. The first-order valence-electron chi connectivity index (χ1n) is 10.3. The normalized spacial score (nSPS) is 15.8. The Labute approximate surface area is 170 Å². The molecule has 1 aromatic heterocycles. The minimum absolute atomic E-state index is 0.173. The first kappa shape index (κ1) is 21.3. The van der Waals surface area contributed by atoms with Gasteiger partial charge in [0.05, 0.1) is 17.7 Å². The number of benzene rings is 1. The first-order chi connectivity index (χ1) is 13.8. The summed E-state index contributed by atoms with van der Waals surface area (Å²) in [6.45, 7) is 1.92. The number of carboxylic acids is 1. The fourth-order valence-corrected chi connectivity index (χ4v) is 3.84. The van der Waals surface area contributed by atoms with E-state index in [4.69, 9.17) is 5.11 Å². The van der Waals surface area contributed by atoms with Crippen LogP contribution in [0, 0.1) is 0 Å². The van der Waals surface area contributed by atoms with E-state index >= 15 is 0 Å². The molecule has 158 valence electrons. The van der Waals surface area contributed by atoms with E-state index < -0.39 is 11.9 Å². The second-order valence-electron chi connectivity index (χ2n) is 7.94. The summed E-state index contributed by atoms with van der Waals surface area (Å²) < 4.78 is 27.8. The molecule has 1 aliphatic rings. The van der Waals surface area contributed by atoms with Crippen molar-refractivity contribution in [3.05, 3.63) is 29.8 Å². The number of carbonyl (C=O) groups is 1. The Morgan fingerprint density at radius 3 is 2.72 bits per heavy atom. The lowest BCUT2D eigenvalue weighted by atomic mass is 10.0. The van der Waals surface area contributed by atoms with Crippen molar-refractivity contribution in [2.24, 2.45) is 0 Å². The van der Waals surface area contributed by atoms with E-state index in [0.717, 1.165) is 18.2 Å². The maximum absolute atomic E-state index is 13.9. The number of nitrogens with zero attached hydrogens (tertiary/aromatic N) is 3. The van der Waals surface area contributed by atoms with Gasteiger partial charge in [0.15, 0.2) is 0 Å². The van der Waals surface area contributed by atoms with Crippen molar-refractivity contribution in [3.63, 3.8) is 0 Å². The number of aliphatic carboxylic acids is 1. The van der Waals surface area contributed by atoms with Crippen LogP contribution in [-0.2, 0) is 11.2 Å². The maximum atomic E-state index is 13.9. The molecule has 0 saturated carbocycles. The van der Waals surface area contributed by atoms with Crippen LogP contribution in [-0.4, -0.2) is 48.7 Å². The van der Waals surface area contributed by atoms with Crippen molar-refractivity contribution in [1.82, 2.24) is 4.98 Å². The lowest BCUT2D eigenvalue weighted by Crippen LogP contribution is -2.28. The number of anilines is 2. The van der Waals surface area contributed by atoms with Gasteiger partial charge in [-0.05, 0) is 30.5 Å². The molecule has 1 aromatic carbocycles. The molecule has 0 atom stereocenters. The number of alkyl halides is 2. The molecular formula is C22H29F2N3O2. The van der Waals surface area contributed by atoms with Gasteiger partial charge in [0.2, 0.25) is 0 Å². The first-order valence-corrected chi connectivity index (χ1v) is 10.3. The number of hydrogen-bond acceptors (Lipinski definition) is 4. The van der Waals surface area contributed by atoms with Crippen LogP contribution in [0.3, 0.4) is 0 Å². The van der Waals surface area contributed by atoms with Gasteiger partial charge in [0.1, 0.15) is 12.4 Å². The Bertz CT molecular complexity index is 873. The summed E-state index contributed by atoms with van der Waals surface area (Å²) in [5.41, 5.74) is 2.58. The van der Waals surface area contributed by atoms with E-state index in [1.54, 1.807) is 18.0 Å². The van der Waals surface area contributed by atoms with E-state index in [1.165, 1.54) is 29.7 Å². The van der Waals surface area contributed by atoms with Crippen molar-refractivity contribution < 1.29 is 18.7 Å². The number of hydrogen-bond donors (Lipinski definition) is 1. The van der Waals surface area contributed by atoms with Gasteiger partial charge in [0, 0.05) is 31.5 Å². The standard InChI is InChI=1S/C22H29F2N3O2/c1-3-4-5-6-7-16-8-9-18-17(12-16)19(27-11-10-22(23,24)15-27)13-20(25-18)26(2)14-21(28)29/h8-9,12-13H,3-7,10-11,14-15H2,1-2H3,(H,28,29). The SMILES string of the molecule is CCCCCCc1ccc2nc(N(C)CC(=O)O)cc(N3CCC(F)(F)C3)c2c1. The predicted molar refractivity (Wildman–Crippen MR) is 112 cm³/mol. The Morgan fingerprint density at radius 2 is 2.07 bits per heavy atom. The molecule has 0 radical (unpaired) electrons.